The van der Waals surface area contributed by atoms with Crippen LogP contribution in [0.1, 0.15) is 39.5 Å². The summed E-state index contributed by atoms with van der Waals surface area (Å²) in [4.78, 5) is 18.9. The topological polar surface area (TPSA) is 40.5 Å². The molecule has 0 spiro atoms. The molecule has 0 aromatic carbocycles. The Morgan fingerprint density at radius 3 is 1.64 bits per heavy atom. The second-order valence-electron chi connectivity index (χ2n) is 3.09. The maximum Gasteiger partial charge on any atom is 0.198 e. The van der Waals surface area contributed by atoms with Crippen molar-refractivity contribution in [1.82, 2.24) is 0 Å². The third-order valence-electron chi connectivity index (χ3n) is 1.81. The Balaban J connectivity index is 0. The second kappa shape index (κ2) is 9.87. The molecule has 0 atom stereocenters. The van der Waals surface area contributed by atoms with Gasteiger partial charge in [0, 0.05) is 19.5 Å². The molecule has 0 aromatic rings. The number of unbranched alkanes of at least 4 members (excludes halogenated alkanes) is 2. The van der Waals surface area contributed by atoms with E-state index >= 15 is 0 Å². The van der Waals surface area contributed by atoms with Gasteiger partial charge in [0.2, 0.25) is 0 Å². The Labute approximate surface area is 108 Å². The molecule has 2 nitrogen and oxygen atoms in total. The zero-order chi connectivity index (χ0) is 10.3. The largest absolute Gasteiger partial charge is 0.341 e. The average molecular weight is 310 g/mol. The monoisotopic (exact) mass is 308 g/mol. The fraction of sp³-hybridized carbons (Fsp3) is 1.00. The number of hydrogen-bond acceptors (Lipinski definition) is 0. The van der Waals surface area contributed by atoms with Crippen molar-refractivity contribution in [3.05, 3.63) is 0 Å². The fourth-order valence-corrected chi connectivity index (χ4v) is 6.62. The van der Waals surface area contributed by atoms with Crippen LogP contribution in [0.2, 0.25) is 0 Å². The van der Waals surface area contributed by atoms with E-state index in [4.69, 9.17) is 0 Å². The average Bonchev–Trinajstić information content (AvgIpc) is 2.02. The van der Waals surface area contributed by atoms with E-state index in [1.165, 1.54) is 0 Å². The van der Waals surface area contributed by atoms with Gasteiger partial charge in [0.05, 0.1) is 0 Å². The molecule has 0 aromatic heterocycles. The predicted octanol–water partition coefficient (Wildman–Crippen LogP) is 2.79. The molecule has 0 amide bonds. The molecule has 0 aliphatic rings. The van der Waals surface area contributed by atoms with Crippen molar-refractivity contribution in [3.63, 3.8) is 0 Å². The van der Waals surface area contributed by atoms with Crippen molar-refractivity contribution in [3.8, 4) is 0 Å². The van der Waals surface area contributed by atoms with Gasteiger partial charge in [0.25, 0.3) is 0 Å². The minimum absolute atomic E-state index is 0. The van der Waals surface area contributed by atoms with Crippen LogP contribution in [0.15, 0.2) is 0 Å². The van der Waals surface area contributed by atoms with E-state index in [1.807, 2.05) is 0 Å². The number of hydrogen-bond donors (Lipinski definition) is 3. The fourth-order valence-electron chi connectivity index (χ4n) is 0.969. The van der Waals surface area contributed by atoms with Crippen molar-refractivity contribution >= 4 is 28.0 Å². The molecule has 0 aliphatic carbocycles. The van der Waals surface area contributed by atoms with E-state index < -0.39 is 5.69 Å². The Morgan fingerprint density at radius 2 is 1.43 bits per heavy atom. The molecule has 0 aliphatic heterocycles. The summed E-state index contributed by atoms with van der Waals surface area (Å²) in [5, 5.41) is 0. The Morgan fingerprint density at radius 1 is 1.07 bits per heavy atom. The van der Waals surface area contributed by atoms with E-state index in [2.05, 4.69) is 26.1 Å². The van der Waals surface area contributed by atoms with Gasteiger partial charge in [-0.25, -0.2) is 0 Å². The molecule has 84 valence electrons. The predicted molar refractivity (Wildman–Crippen MR) is 67.3 cm³/mol. The smallest absolute Gasteiger partial charge is 0.198 e. The first kappa shape index (κ1) is 18.0. The van der Waals surface area contributed by atoms with Crippen LogP contribution < -0.4 is 0 Å². The summed E-state index contributed by atoms with van der Waals surface area (Å²) in [5.41, 5.74) is -2.86. The molecular formula is C8H21O2PS2Zn. The Kier molecular flexibility index (Phi) is 12.7. The first-order valence-electron chi connectivity index (χ1n) is 4.77. The van der Waals surface area contributed by atoms with Crippen molar-refractivity contribution in [2.24, 2.45) is 0 Å². The van der Waals surface area contributed by atoms with Crippen molar-refractivity contribution in [1.29, 1.82) is 0 Å². The van der Waals surface area contributed by atoms with Crippen LogP contribution >= 0.6 is 17.9 Å². The summed E-state index contributed by atoms with van der Waals surface area (Å²) in [7, 11) is -0.255. The normalized spacial score (nSPS) is 11.6. The molecule has 0 bridgehead atoms. The van der Waals surface area contributed by atoms with Gasteiger partial charge in [-0.1, -0.05) is 38.9 Å². The summed E-state index contributed by atoms with van der Waals surface area (Å²) < 4.78 is 0. The first-order valence-corrected chi connectivity index (χ1v) is 9.79. The molecule has 0 rings (SSSR count). The maximum absolute atomic E-state index is 9.47. The molecule has 0 fully saturated rings. The summed E-state index contributed by atoms with van der Waals surface area (Å²) in [5.74, 6) is 1.86. The maximum atomic E-state index is 9.47. The molecule has 0 heterocycles. The third-order valence-corrected chi connectivity index (χ3v) is 9.28. The van der Waals surface area contributed by atoms with Crippen LogP contribution in [-0.2, 0) is 29.6 Å². The van der Waals surface area contributed by atoms with Crippen LogP contribution in [0.25, 0.3) is 0 Å². The molecule has 0 unspecified atom stereocenters. The quantitative estimate of drug-likeness (QED) is 0.401. The van der Waals surface area contributed by atoms with Gasteiger partial charge >= 0.3 is 0 Å². The Hall–Kier alpha value is 1.67. The van der Waals surface area contributed by atoms with Crippen LogP contribution in [0.3, 0.4) is 0 Å². The van der Waals surface area contributed by atoms with Gasteiger partial charge in [0.15, 0.2) is 5.69 Å². The molecular weight excluding hydrogens is 289 g/mol. The third kappa shape index (κ3) is 8.94. The zero-order valence-electron chi connectivity index (χ0n) is 9.15. The second-order valence-corrected chi connectivity index (χ2v) is 11.4. The molecule has 2 N–H and O–H groups in total. The van der Waals surface area contributed by atoms with Gasteiger partial charge in [-0.3, -0.25) is 0 Å². The van der Waals surface area contributed by atoms with Crippen LogP contribution in [-0.4, -0.2) is 21.3 Å². The molecule has 0 radical (unpaired) electrons. The zero-order valence-corrected chi connectivity index (χ0v) is 14.7. The van der Waals surface area contributed by atoms with Crippen LogP contribution in [0.5, 0.6) is 0 Å². The minimum Gasteiger partial charge on any atom is -0.341 e. The van der Waals surface area contributed by atoms with Gasteiger partial charge in [-0.2, -0.15) is 0 Å². The van der Waals surface area contributed by atoms with Gasteiger partial charge in [-0.15, -0.1) is 10.1 Å². The van der Waals surface area contributed by atoms with E-state index in [-0.39, 0.29) is 29.6 Å². The molecule has 14 heavy (non-hydrogen) atoms. The van der Waals surface area contributed by atoms with Crippen molar-refractivity contribution < 1.29 is 29.3 Å². The molecule has 0 saturated carbocycles. The first-order chi connectivity index (χ1) is 6.02. The van der Waals surface area contributed by atoms with E-state index in [0.717, 1.165) is 37.2 Å². The van der Waals surface area contributed by atoms with E-state index in [1.54, 1.807) is 0 Å². The van der Waals surface area contributed by atoms with E-state index in [9.17, 15) is 9.79 Å². The minimum atomic E-state index is -2.86. The Bertz CT molecular complexity index is 176. The van der Waals surface area contributed by atoms with Crippen LogP contribution in [0, 0.1) is 0 Å². The number of rotatable bonds is 6. The number of thiol groups is 1. The SMILES string of the molecule is CCCCS(CCCC)=P(O)(O)S.[Zn]. The summed E-state index contributed by atoms with van der Waals surface area (Å²) in [6, 6.07) is 0. The molecule has 6 heteroatoms. The van der Waals surface area contributed by atoms with E-state index in [0.29, 0.717) is 0 Å². The van der Waals surface area contributed by atoms with Gasteiger partial charge < -0.3 is 9.79 Å². The summed E-state index contributed by atoms with van der Waals surface area (Å²) in [6.07, 6.45) is 4.39. The summed E-state index contributed by atoms with van der Waals surface area (Å²) in [6.45, 7) is 4.24. The summed E-state index contributed by atoms with van der Waals surface area (Å²) >= 11 is 3.93. The molecule has 0 saturated heterocycles. The van der Waals surface area contributed by atoms with Crippen molar-refractivity contribution in [2.45, 2.75) is 39.5 Å². The van der Waals surface area contributed by atoms with Crippen molar-refractivity contribution in [2.75, 3.05) is 11.5 Å². The van der Waals surface area contributed by atoms with Gasteiger partial charge in [-0.05, 0) is 24.3 Å². The standard InChI is InChI=1S/C8H21O2PS2.Zn/c1-3-5-7-13(8-6-4-2)11(9,10)12;/h9-10,12H,3-8H2,1-2H3;. The van der Waals surface area contributed by atoms with Gasteiger partial charge in [0.1, 0.15) is 0 Å². The van der Waals surface area contributed by atoms with Crippen LogP contribution in [0.4, 0.5) is 0 Å².